The van der Waals surface area contributed by atoms with Crippen LogP contribution in [-0.2, 0) is 25.0 Å². The third-order valence-corrected chi connectivity index (χ3v) is 5.77. The van der Waals surface area contributed by atoms with Gasteiger partial charge >= 0.3 is 6.03 Å². The van der Waals surface area contributed by atoms with Crippen LogP contribution in [0.2, 0.25) is 0 Å². The van der Waals surface area contributed by atoms with Crippen LogP contribution < -0.4 is 10.6 Å². The molecule has 0 radical (unpaired) electrons. The lowest BCUT2D eigenvalue weighted by atomic mass is 9.92. The Morgan fingerprint density at radius 1 is 1.10 bits per heavy atom. The first-order chi connectivity index (χ1) is 13.9. The molecule has 11 heteroatoms. The average molecular weight is 437 g/mol. The highest BCUT2D eigenvalue weighted by molar-refractivity contribution is 7.90. The number of sulfone groups is 1. The van der Waals surface area contributed by atoms with E-state index in [-0.39, 0.29) is 16.1 Å². The Morgan fingerprint density at radius 3 is 2.30 bits per heavy atom. The van der Waals surface area contributed by atoms with Gasteiger partial charge in [0.15, 0.2) is 21.5 Å². The van der Waals surface area contributed by atoms with Gasteiger partial charge in [0.2, 0.25) is 5.91 Å². The van der Waals surface area contributed by atoms with Gasteiger partial charge in [0.25, 0.3) is 5.91 Å². The number of hydrogen-bond donors (Lipinski definition) is 2. The molecule has 0 saturated carbocycles. The fraction of sp³-hybridized carbons (Fsp3) is 0.211. The first-order valence-corrected chi connectivity index (χ1v) is 10.5. The lowest BCUT2D eigenvalue weighted by Gasteiger charge is -2.22. The van der Waals surface area contributed by atoms with Gasteiger partial charge in [-0.1, -0.05) is 6.07 Å². The van der Waals surface area contributed by atoms with E-state index in [4.69, 9.17) is 0 Å². The minimum absolute atomic E-state index is 0.0269. The molecule has 1 unspecified atom stereocenters. The summed E-state index contributed by atoms with van der Waals surface area (Å²) in [6, 6.07) is 7.29. The fourth-order valence-electron chi connectivity index (χ4n) is 2.97. The largest absolute Gasteiger partial charge is 0.325 e. The number of anilines is 1. The second kappa shape index (κ2) is 7.48. The zero-order chi connectivity index (χ0) is 22.3. The van der Waals surface area contributed by atoms with Crippen molar-refractivity contribution in [1.82, 2.24) is 10.2 Å². The van der Waals surface area contributed by atoms with Crippen molar-refractivity contribution in [2.75, 3.05) is 18.1 Å². The molecule has 0 aromatic heterocycles. The van der Waals surface area contributed by atoms with E-state index in [0.29, 0.717) is 4.90 Å². The van der Waals surface area contributed by atoms with Crippen LogP contribution in [0, 0.1) is 11.6 Å². The van der Waals surface area contributed by atoms with Crippen molar-refractivity contribution in [1.29, 1.82) is 0 Å². The number of nitrogens with zero attached hydrogens (tertiary/aromatic N) is 1. The predicted octanol–water partition coefficient (Wildman–Crippen LogP) is 1.77. The van der Waals surface area contributed by atoms with E-state index in [1.54, 1.807) is 0 Å². The molecule has 1 saturated heterocycles. The molecule has 1 aliphatic rings. The van der Waals surface area contributed by atoms with Crippen LogP contribution in [0.4, 0.5) is 19.3 Å². The molecule has 3 rings (SSSR count). The van der Waals surface area contributed by atoms with Gasteiger partial charge in [-0.25, -0.2) is 22.0 Å². The first-order valence-electron chi connectivity index (χ1n) is 8.61. The molecule has 0 spiro atoms. The normalized spacial score (nSPS) is 19.0. The summed E-state index contributed by atoms with van der Waals surface area (Å²) in [6.45, 7) is 0.694. The maximum atomic E-state index is 13.6. The van der Waals surface area contributed by atoms with Crippen molar-refractivity contribution in [3.63, 3.8) is 0 Å². The van der Waals surface area contributed by atoms with Crippen molar-refractivity contribution in [2.45, 2.75) is 17.4 Å². The van der Waals surface area contributed by atoms with Crippen LogP contribution in [0.25, 0.3) is 0 Å². The lowest BCUT2D eigenvalue weighted by molar-refractivity contribution is -0.133. The van der Waals surface area contributed by atoms with Crippen molar-refractivity contribution in [2.24, 2.45) is 0 Å². The maximum Gasteiger partial charge on any atom is 0.325 e. The third kappa shape index (κ3) is 4.01. The summed E-state index contributed by atoms with van der Waals surface area (Å²) in [6.07, 6.45) is 1.04. The second-order valence-corrected chi connectivity index (χ2v) is 8.94. The number of nitrogens with one attached hydrogen (secondary N) is 2. The van der Waals surface area contributed by atoms with Gasteiger partial charge in [-0.2, -0.15) is 0 Å². The minimum Gasteiger partial charge on any atom is -0.325 e. The Kier molecular flexibility index (Phi) is 5.33. The molecule has 1 aliphatic heterocycles. The SMILES string of the molecule is CC1(c2ccc(F)c(F)c2)NC(=O)N(CC(=O)Nc2ccc(S(C)(=O)=O)cc2)C1=O. The van der Waals surface area contributed by atoms with Gasteiger partial charge in [0.05, 0.1) is 4.90 Å². The number of carbonyl (C=O) groups is 3. The Hall–Kier alpha value is -3.34. The summed E-state index contributed by atoms with van der Waals surface area (Å²) in [5, 5.41) is 4.84. The summed E-state index contributed by atoms with van der Waals surface area (Å²) in [4.78, 5) is 38.0. The molecule has 1 heterocycles. The van der Waals surface area contributed by atoms with Gasteiger partial charge < -0.3 is 10.6 Å². The van der Waals surface area contributed by atoms with Crippen LogP contribution in [-0.4, -0.2) is 44.0 Å². The van der Waals surface area contributed by atoms with Crippen LogP contribution in [0.15, 0.2) is 47.4 Å². The van der Waals surface area contributed by atoms with Gasteiger partial charge in [0.1, 0.15) is 12.1 Å². The van der Waals surface area contributed by atoms with Gasteiger partial charge in [0, 0.05) is 11.9 Å². The molecule has 30 heavy (non-hydrogen) atoms. The average Bonchev–Trinajstić information content (AvgIpc) is 2.87. The summed E-state index contributed by atoms with van der Waals surface area (Å²) < 4.78 is 49.7. The Morgan fingerprint density at radius 2 is 1.73 bits per heavy atom. The molecule has 1 fully saturated rings. The highest BCUT2D eigenvalue weighted by atomic mass is 32.2. The Bertz CT molecular complexity index is 1150. The van der Waals surface area contributed by atoms with Gasteiger partial charge in [-0.15, -0.1) is 0 Å². The molecular formula is C19H17F2N3O5S. The van der Waals surface area contributed by atoms with E-state index >= 15 is 0 Å². The second-order valence-electron chi connectivity index (χ2n) is 6.92. The zero-order valence-electron chi connectivity index (χ0n) is 15.9. The summed E-state index contributed by atoms with van der Waals surface area (Å²) in [7, 11) is -3.40. The number of urea groups is 1. The minimum atomic E-state index is -3.40. The molecule has 2 N–H and O–H groups in total. The topological polar surface area (TPSA) is 113 Å². The number of carbonyl (C=O) groups excluding carboxylic acids is 3. The highest BCUT2D eigenvalue weighted by Crippen LogP contribution is 2.29. The number of imide groups is 1. The number of benzene rings is 2. The summed E-state index contributed by atoms with van der Waals surface area (Å²) >= 11 is 0. The highest BCUT2D eigenvalue weighted by Gasteiger charge is 2.49. The van der Waals surface area contributed by atoms with Gasteiger partial charge in [-0.3, -0.25) is 14.5 Å². The first kappa shape index (κ1) is 21.4. The molecule has 0 bridgehead atoms. The van der Waals surface area contributed by atoms with Crippen LogP contribution in [0.3, 0.4) is 0 Å². The molecule has 8 nitrogen and oxygen atoms in total. The van der Waals surface area contributed by atoms with Gasteiger partial charge in [-0.05, 0) is 48.9 Å². The molecule has 4 amide bonds. The van der Waals surface area contributed by atoms with Crippen molar-refractivity contribution in [3.8, 4) is 0 Å². The number of hydrogen-bond acceptors (Lipinski definition) is 5. The molecule has 0 aliphatic carbocycles. The van der Waals surface area contributed by atoms with Crippen molar-refractivity contribution in [3.05, 3.63) is 59.7 Å². The van der Waals surface area contributed by atoms with Crippen LogP contribution >= 0.6 is 0 Å². The predicted molar refractivity (Wildman–Crippen MR) is 102 cm³/mol. The smallest absolute Gasteiger partial charge is 0.325 e. The van der Waals surface area contributed by atoms with Crippen LogP contribution in [0.1, 0.15) is 12.5 Å². The third-order valence-electron chi connectivity index (χ3n) is 4.64. The van der Waals surface area contributed by atoms with E-state index in [1.165, 1.54) is 37.3 Å². The lowest BCUT2D eigenvalue weighted by Crippen LogP contribution is -2.42. The van der Waals surface area contributed by atoms with E-state index in [9.17, 15) is 31.6 Å². The Balaban J connectivity index is 1.73. The number of rotatable bonds is 5. The molecular weight excluding hydrogens is 420 g/mol. The van der Waals surface area contributed by atoms with E-state index in [2.05, 4.69) is 10.6 Å². The molecule has 2 aromatic rings. The van der Waals surface area contributed by atoms with Crippen molar-refractivity contribution >= 4 is 33.4 Å². The fourth-order valence-corrected chi connectivity index (χ4v) is 3.60. The van der Waals surface area contributed by atoms with Crippen LogP contribution in [0.5, 0.6) is 0 Å². The zero-order valence-corrected chi connectivity index (χ0v) is 16.7. The Labute approximate surface area is 170 Å². The molecule has 2 aromatic carbocycles. The monoisotopic (exact) mass is 437 g/mol. The molecule has 158 valence electrons. The number of halogens is 2. The quantitative estimate of drug-likeness (QED) is 0.693. The standard InChI is InChI=1S/C19H17F2N3O5S/c1-19(11-3-8-14(20)15(21)9-11)17(26)24(18(27)23-19)10-16(25)22-12-4-6-13(7-5-12)30(2,28)29/h3-9H,10H2,1-2H3,(H,22,25)(H,23,27). The van der Waals surface area contributed by atoms with E-state index < -0.39 is 51.4 Å². The van der Waals surface area contributed by atoms with E-state index in [0.717, 1.165) is 18.4 Å². The van der Waals surface area contributed by atoms with Crippen molar-refractivity contribution < 1.29 is 31.6 Å². The van der Waals surface area contributed by atoms with E-state index in [1.807, 2.05) is 0 Å². The summed E-state index contributed by atoms with van der Waals surface area (Å²) in [5.41, 5.74) is -1.37. The maximum absolute atomic E-state index is 13.6. The molecule has 1 atom stereocenters. The summed E-state index contributed by atoms with van der Waals surface area (Å²) in [5.74, 6) is -3.79. The number of amides is 4.